The lowest BCUT2D eigenvalue weighted by atomic mass is 9.98. The fourth-order valence-corrected chi connectivity index (χ4v) is 2.99. The van der Waals surface area contributed by atoms with Crippen molar-refractivity contribution >= 4 is 11.9 Å². The van der Waals surface area contributed by atoms with Gasteiger partial charge in [0.05, 0.1) is 25.8 Å². The molecule has 166 valence electrons. The van der Waals surface area contributed by atoms with Crippen LogP contribution in [0.1, 0.15) is 27.5 Å². The van der Waals surface area contributed by atoms with Crippen LogP contribution in [-0.2, 0) is 9.53 Å². The van der Waals surface area contributed by atoms with E-state index in [-0.39, 0.29) is 5.56 Å². The number of esters is 1. The second-order valence-corrected chi connectivity index (χ2v) is 6.75. The number of hydrogen-bond donors (Lipinski definition) is 1. The molecule has 0 aliphatic carbocycles. The van der Waals surface area contributed by atoms with E-state index >= 15 is 0 Å². The summed E-state index contributed by atoms with van der Waals surface area (Å²) in [6, 6.07) is 16.4. The third-order valence-corrected chi connectivity index (χ3v) is 4.69. The van der Waals surface area contributed by atoms with Crippen LogP contribution in [0.25, 0.3) is 0 Å². The second kappa shape index (κ2) is 10.4. The number of rotatable bonds is 8. The highest BCUT2D eigenvalue weighted by Crippen LogP contribution is 2.26. The summed E-state index contributed by atoms with van der Waals surface area (Å²) in [4.78, 5) is 24.6. The van der Waals surface area contributed by atoms with E-state index in [0.717, 1.165) is 23.3 Å². The van der Waals surface area contributed by atoms with Crippen molar-refractivity contribution < 1.29 is 32.6 Å². The van der Waals surface area contributed by atoms with Gasteiger partial charge in [-0.1, -0.05) is 24.3 Å². The number of hydrogen-bond acceptors (Lipinski definition) is 5. The van der Waals surface area contributed by atoms with Gasteiger partial charge in [-0.3, -0.25) is 4.79 Å². The average Bonchev–Trinajstić information content (AvgIpc) is 2.83. The number of methoxy groups -OCH3 is 2. The lowest BCUT2D eigenvalue weighted by Gasteiger charge is -2.20. The van der Waals surface area contributed by atoms with Crippen LogP contribution in [-0.4, -0.2) is 32.7 Å². The molecule has 32 heavy (non-hydrogen) atoms. The number of carbonyl (C=O) groups is 2. The fourth-order valence-electron chi connectivity index (χ4n) is 2.99. The summed E-state index contributed by atoms with van der Waals surface area (Å²) in [6.07, 6.45) is 0. The maximum atomic E-state index is 13.3. The van der Waals surface area contributed by atoms with E-state index in [2.05, 4.69) is 5.32 Å². The van der Waals surface area contributed by atoms with Crippen molar-refractivity contribution in [3.05, 3.63) is 95.1 Å². The highest BCUT2D eigenvalue weighted by atomic mass is 19.2. The highest BCUT2D eigenvalue weighted by Gasteiger charge is 2.19. The van der Waals surface area contributed by atoms with Gasteiger partial charge in [0.25, 0.3) is 5.91 Å². The smallest absolute Gasteiger partial charge is 0.338 e. The molecule has 1 N–H and O–H groups in total. The molecule has 0 aliphatic rings. The quantitative estimate of drug-likeness (QED) is 0.534. The lowest BCUT2D eigenvalue weighted by Crippen LogP contribution is -2.33. The summed E-state index contributed by atoms with van der Waals surface area (Å²) in [7, 11) is 3.11. The summed E-state index contributed by atoms with van der Waals surface area (Å²) in [6.45, 7) is -0.597. The van der Waals surface area contributed by atoms with Crippen LogP contribution in [0.4, 0.5) is 8.78 Å². The molecule has 3 rings (SSSR count). The highest BCUT2D eigenvalue weighted by molar-refractivity contribution is 5.91. The zero-order valence-electron chi connectivity index (χ0n) is 17.4. The van der Waals surface area contributed by atoms with Gasteiger partial charge in [0.15, 0.2) is 18.2 Å². The Labute approximate surface area is 183 Å². The van der Waals surface area contributed by atoms with Gasteiger partial charge in [0, 0.05) is 0 Å². The summed E-state index contributed by atoms with van der Waals surface area (Å²) in [5.74, 6) is -2.45. The van der Waals surface area contributed by atoms with Crippen molar-refractivity contribution in [1.29, 1.82) is 0 Å². The standard InChI is InChI=1S/C24H21F2NO5/c1-30-18-8-3-15(4-9-18)23(16-5-10-19(31-2)11-6-16)27-22(28)14-32-24(29)17-7-12-20(25)21(26)13-17/h3-13,23H,14H2,1-2H3,(H,27,28). The van der Waals surface area contributed by atoms with Crippen molar-refractivity contribution in [3.63, 3.8) is 0 Å². The van der Waals surface area contributed by atoms with Crippen LogP contribution in [0.15, 0.2) is 66.7 Å². The normalized spacial score (nSPS) is 10.5. The molecular formula is C24H21F2NO5. The zero-order valence-corrected chi connectivity index (χ0v) is 17.4. The molecule has 0 aliphatic heterocycles. The molecule has 0 spiro atoms. The van der Waals surface area contributed by atoms with Gasteiger partial charge in [0.1, 0.15) is 11.5 Å². The largest absolute Gasteiger partial charge is 0.497 e. The molecule has 8 heteroatoms. The lowest BCUT2D eigenvalue weighted by molar-refractivity contribution is -0.124. The first-order valence-corrected chi connectivity index (χ1v) is 9.60. The third-order valence-electron chi connectivity index (χ3n) is 4.69. The molecule has 1 amide bonds. The molecule has 6 nitrogen and oxygen atoms in total. The fraction of sp³-hybridized carbons (Fsp3) is 0.167. The number of ether oxygens (including phenoxy) is 3. The van der Waals surface area contributed by atoms with E-state index < -0.39 is 36.2 Å². The topological polar surface area (TPSA) is 73.9 Å². The van der Waals surface area contributed by atoms with Crippen LogP contribution in [0.3, 0.4) is 0 Å². The minimum absolute atomic E-state index is 0.196. The summed E-state index contributed by atoms with van der Waals surface area (Å²) in [5.41, 5.74) is 1.35. The Morgan fingerprint density at radius 2 is 1.34 bits per heavy atom. The van der Waals surface area contributed by atoms with E-state index in [4.69, 9.17) is 14.2 Å². The van der Waals surface area contributed by atoms with Crippen LogP contribution in [0.5, 0.6) is 11.5 Å². The van der Waals surface area contributed by atoms with Crippen LogP contribution >= 0.6 is 0 Å². The Morgan fingerprint density at radius 3 is 1.81 bits per heavy atom. The van der Waals surface area contributed by atoms with Crippen molar-refractivity contribution in [2.75, 3.05) is 20.8 Å². The first-order chi connectivity index (χ1) is 15.4. The Morgan fingerprint density at radius 1 is 0.812 bits per heavy atom. The molecule has 0 radical (unpaired) electrons. The molecule has 0 atom stereocenters. The van der Waals surface area contributed by atoms with Crippen molar-refractivity contribution in [2.45, 2.75) is 6.04 Å². The summed E-state index contributed by atoms with van der Waals surface area (Å²) < 4.78 is 41.6. The predicted octanol–water partition coefficient (Wildman–Crippen LogP) is 4.04. The van der Waals surface area contributed by atoms with Crippen molar-refractivity contribution in [3.8, 4) is 11.5 Å². The van der Waals surface area contributed by atoms with E-state index in [1.165, 1.54) is 0 Å². The molecule has 0 saturated heterocycles. The molecule has 0 heterocycles. The van der Waals surface area contributed by atoms with Gasteiger partial charge in [-0.25, -0.2) is 13.6 Å². The van der Waals surface area contributed by atoms with E-state index in [1.54, 1.807) is 62.8 Å². The Bertz CT molecular complexity index is 1040. The van der Waals surface area contributed by atoms with Gasteiger partial charge < -0.3 is 19.5 Å². The molecule has 3 aromatic rings. The molecule has 0 bridgehead atoms. The number of halogens is 2. The predicted molar refractivity (Wildman–Crippen MR) is 113 cm³/mol. The van der Waals surface area contributed by atoms with Crippen LogP contribution in [0.2, 0.25) is 0 Å². The van der Waals surface area contributed by atoms with Gasteiger partial charge >= 0.3 is 5.97 Å². The molecular weight excluding hydrogens is 420 g/mol. The molecule has 3 aromatic carbocycles. The van der Waals surface area contributed by atoms with Gasteiger partial charge in [-0.05, 0) is 53.6 Å². The molecule has 0 saturated carbocycles. The molecule has 0 unspecified atom stereocenters. The maximum absolute atomic E-state index is 13.3. The minimum Gasteiger partial charge on any atom is -0.497 e. The SMILES string of the molecule is COc1ccc(C(NC(=O)COC(=O)c2ccc(F)c(F)c2)c2ccc(OC)cc2)cc1. The Hall–Kier alpha value is -3.94. The molecule has 0 fully saturated rings. The Balaban J connectivity index is 1.73. The van der Waals surface area contributed by atoms with Gasteiger partial charge in [-0.2, -0.15) is 0 Å². The maximum Gasteiger partial charge on any atom is 0.338 e. The summed E-state index contributed by atoms with van der Waals surface area (Å²) >= 11 is 0. The zero-order chi connectivity index (χ0) is 23.1. The summed E-state index contributed by atoms with van der Waals surface area (Å²) in [5, 5.41) is 2.82. The van der Waals surface area contributed by atoms with Gasteiger partial charge in [-0.15, -0.1) is 0 Å². The monoisotopic (exact) mass is 441 g/mol. The average molecular weight is 441 g/mol. The first-order valence-electron chi connectivity index (χ1n) is 9.60. The number of benzene rings is 3. The minimum atomic E-state index is -1.18. The van der Waals surface area contributed by atoms with Crippen LogP contribution < -0.4 is 14.8 Å². The van der Waals surface area contributed by atoms with E-state index in [1.807, 2.05) is 0 Å². The second-order valence-electron chi connectivity index (χ2n) is 6.75. The Kier molecular flexibility index (Phi) is 7.38. The van der Waals surface area contributed by atoms with E-state index in [9.17, 15) is 18.4 Å². The number of carbonyl (C=O) groups excluding carboxylic acids is 2. The van der Waals surface area contributed by atoms with Crippen LogP contribution in [0, 0.1) is 11.6 Å². The first kappa shape index (κ1) is 22.7. The van der Waals surface area contributed by atoms with Crippen molar-refractivity contribution in [2.24, 2.45) is 0 Å². The third kappa shape index (κ3) is 5.60. The van der Waals surface area contributed by atoms with E-state index in [0.29, 0.717) is 17.6 Å². The number of amides is 1. The molecule has 0 aromatic heterocycles. The number of nitrogens with one attached hydrogen (secondary N) is 1. The van der Waals surface area contributed by atoms with Gasteiger partial charge in [0.2, 0.25) is 0 Å². The van der Waals surface area contributed by atoms with Crippen molar-refractivity contribution in [1.82, 2.24) is 5.32 Å².